The molecule has 2 nitrogen and oxygen atoms in total. The topological polar surface area (TPSA) is 18.5 Å². The number of hydrogen-bond acceptors (Lipinski definition) is 2. The van der Waals surface area contributed by atoms with Crippen LogP contribution in [0.1, 0.15) is 47.1 Å². The molecule has 28 heavy (non-hydrogen) atoms. The van der Waals surface area contributed by atoms with E-state index in [-0.39, 0.29) is 30.2 Å². The summed E-state index contributed by atoms with van der Waals surface area (Å²) in [5, 5.41) is 6.55. The second-order valence-corrected chi connectivity index (χ2v) is 33.7. The van der Waals surface area contributed by atoms with Gasteiger partial charge < -0.3 is 0 Å². The number of hydrogen-bond donors (Lipinski definition) is 0. The first-order chi connectivity index (χ1) is 11.7. The summed E-state index contributed by atoms with van der Waals surface area (Å²) in [6.45, 7) is 13.7. The van der Waals surface area contributed by atoms with Crippen LogP contribution in [0.5, 0.6) is 11.5 Å². The fourth-order valence-electron chi connectivity index (χ4n) is 4.39. The summed E-state index contributed by atoms with van der Waals surface area (Å²) < 4.78 is 14.3. The zero-order valence-corrected chi connectivity index (χ0v) is 26.6. The van der Waals surface area contributed by atoms with Crippen molar-refractivity contribution < 1.29 is 23.0 Å². The molecule has 7 heteroatoms. The van der Waals surface area contributed by atoms with Gasteiger partial charge in [-0.25, -0.2) is 0 Å². The largest absolute Gasteiger partial charge is 0.147 e. The molecule has 1 atom stereocenters. The number of rotatable bonds is 4. The number of allylic oxidation sites excluding steroid dienone is 4. The van der Waals surface area contributed by atoms with E-state index in [1.54, 1.807) is 21.8 Å². The van der Waals surface area contributed by atoms with Gasteiger partial charge in [-0.2, -0.15) is 0 Å². The zero-order valence-electron chi connectivity index (χ0n) is 19.4. The van der Waals surface area contributed by atoms with Crippen LogP contribution in [0, 0.1) is 5.92 Å². The van der Waals surface area contributed by atoms with Crippen LogP contribution in [0.4, 0.5) is 0 Å². The van der Waals surface area contributed by atoms with Gasteiger partial charge in [0.05, 0.1) is 0 Å². The summed E-state index contributed by atoms with van der Waals surface area (Å²) in [6.07, 6.45) is 0. The second kappa shape index (κ2) is 9.03. The van der Waals surface area contributed by atoms with Gasteiger partial charge in [0.2, 0.25) is 0 Å². The summed E-state index contributed by atoms with van der Waals surface area (Å²) in [7, 11) is 3.94. The van der Waals surface area contributed by atoms with Crippen LogP contribution in [-0.2, 0) is 20.4 Å². The van der Waals surface area contributed by atoms with E-state index in [2.05, 4.69) is 70.2 Å². The molecule has 0 saturated heterocycles. The molecule has 1 aromatic rings. The van der Waals surface area contributed by atoms with Crippen LogP contribution in [0.2, 0.25) is 10.5 Å². The number of methoxy groups -OCH3 is 1. The molecule has 1 unspecified atom stereocenters. The molecular weight excluding hydrogens is 459 g/mol. The van der Waals surface area contributed by atoms with Gasteiger partial charge >= 0.3 is 167 Å². The molecule has 1 aliphatic carbocycles. The van der Waals surface area contributed by atoms with E-state index in [0.29, 0.717) is 5.92 Å². The third kappa shape index (κ3) is 5.59. The maximum atomic E-state index is 7.00. The van der Waals surface area contributed by atoms with Gasteiger partial charge in [-0.05, 0) is 0 Å². The Kier molecular flexibility index (Phi) is 9.04. The van der Waals surface area contributed by atoms with Crippen LogP contribution in [0.3, 0.4) is 0 Å². The Morgan fingerprint density at radius 2 is 1.50 bits per heavy atom. The molecule has 0 aromatic heterocycles. The van der Waals surface area contributed by atoms with Gasteiger partial charge in [-0.1, -0.05) is 0 Å². The van der Waals surface area contributed by atoms with E-state index in [1.807, 2.05) is 0 Å². The molecule has 0 bridgehead atoms. The van der Waals surface area contributed by atoms with Crippen molar-refractivity contribution in [3.05, 3.63) is 44.0 Å². The maximum Gasteiger partial charge on any atom is -0.147 e. The summed E-state index contributed by atoms with van der Waals surface area (Å²) >= 11 is -3.18. The summed E-state index contributed by atoms with van der Waals surface area (Å²) in [6, 6.07) is 6.44. The average Bonchev–Trinajstić information content (AvgIpc) is 2.69. The fraction of sp³-hybridized carbons (Fsp3) is 0.524. The first-order valence-electron chi connectivity index (χ1n) is 9.66. The van der Waals surface area contributed by atoms with Gasteiger partial charge in [0, 0.05) is 0 Å². The van der Waals surface area contributed by atoms with Crippen molar-refractivity contribution in [1.29, 1.82) is 0 Å². The van der Waals surface area contributed by atoms with E-state index < -0.39 is 14.9 Å². The van der Waals surface area contributed by atoms with Gasteiger partial charge in [0.1, 0.15) is 0 Å². The van der Waals surface area contributed by atoms with Crippen molar-refractivity contribution in [2.75, 3.05) is 7.11 Å². The van der Waals surface area contributed by atoms with E-state index in [9.17, 15) is 0 Å². The molecule has 0 fully saturated rings. The van der Waals surface area contributed by atoms with Gasteiger partial charge in [-0.3, -0.25) is 0 Å². The minimum Gasteiger partial charge on any atom is -0.147 e. The van der Waals surface area contributed by atoms with Crippen molar-refractivity contribution in [2.24, 2.45) is 5.92 Å². The molecule has 2 rings (SSSR count). The van der Waals surface area contributed by atoms with Crippen LogP contribution in [-0.4, -0.2) is 25.5 Å². The predicted molar refractivity (Wildman–Crippen MR) is 133 cm³/mol. The van der Waals surface area contributed by atoms with Gasteiger partial charge in [0.25, 0.3) is 0 Å². The minimum atomic E-state index is -3.18. The second-order valence-electron chi connectivity index (χ2n) is 10.3. The quantitative estimate of drug-likeness (QED) is 0.558. The van der Waals surface area contributed by atoms with E-state index >= 15 is 0 Å². The Labute approximate surface area is 191 Å². The SMILES string of the molecule is COc1cc([O][Ti]([CH3])([CH3])([SiH3])[C]2=C([SiH3])C(C)=C(C)C2C)cc(C(C)(C)C)c1.Cl.Cl. The Morgan fingerprint density at radius 1 is 1.00 bits per heavy atom. The first-order valence-corrected chi connectivity index (χ1v) is 20.9. The Balaban J connectivity index is 0.00000364. The molecule has 0 radical (unpaired) electrons. The van der Waals surface area contributed by atoms with Crippen molar-refractivity contribution in [3.63, 3.8) is 0 Å². The third-order valence-corrected chi connectivity index (χ3v) is 16.8. The van der Waals surface area contributed by atoms with Crippen molar-refractivity contribution in [3.8, 4) is 11.5 Å². The van der Waals surface area contributed by atoms with Crippen LogP contribution >= 0.6 is 24.8 Å². The van der Waals surface area contributed by atoms with E-state index in [4.69, 9.17) is 8.06 Å². The predicted octanol–water partition coefficient (Wildman–Crippen LogP) is 4.76. The van der Waals surface area contributed by atoms with Crippen molar-refractivity contribution in [2.45, 2.75) is 57.4 Å². The van der Waals surface area contributed by atoms with Crippen LogP contribution in [0.25, 0.3) is 0 Å². The standard InChI is InChI=1S/C11H16O2.C8H13Si.2CH3.2ClH.H3Si.Ti/c1-11(2,3)8-5-9(12)7-10(6-8)13-4;1-5-4-8(9)7(3)6(5)2;;;;;;/h5-7,12H,1-4H3;5H,1-3,9H3;2*1H3;2*1H;1H3;/q;;;;;;;+1/p-1. The zero-order chi connectivity index (χ0) is 20.1. The normalized spacial score (nSPS) is 19.0. The van der Waals surface area contributed by atoms with Crippen LogP contribution in [0.15, 0.2) is 38.4 Å². The number of ether oxygens (including phenoxy) is 1. The molecule has 0 saturated carbocycles. The molecule has 0 spiro atoms. The molecule has 1 aromatic carbocycles. The summed E-state index contributed by atoms with van der Waals surface area (Å²) in [5.74, 6) is 2.42. The van der Waals surface area contributed by atoms with Gasteiger partial charge in [-0.15, -0.1) is 24.8 Å². The maximum absolute atomic E-state index is 7.00. The fourth-order valence-corrected chi connectivity index (χ4v) is 21.7. The first kappa shape index (κ1) is 28.0. The number of benzene rings is 1. The Morgan fingerprint density at radius 3 is 1.89 bits per heavy atom. The smallest absolute Gasteiger partial charge is 0.147 e. The number of halogens is 2. The van der Waals surface area contributed by atoms with Crippen molar-refractivity contribution in [1.82, 2.24) is 0 Å². The minimum absolute atomic E-state index is 0. The molecule has 0 N–H and O–H groups in total. The molecule has 0 aliphatic heterocycles. The van der Waals surface area contributed by atoms with Crippen LogP contribution < -0.4 is 8.06 Å². The monoisotopic (exact) mass is 497 g/mol. The van der Waals surface area contributed by atoms with Crippen molar-refractivity contribution >= 4 is 43.2 Å². The average molecular weight is 498 g/mol. The molecular formula is C21H39Cl2O2Si2Ti. The summed E-state index contributed by atoms with van der Waals surface area (Å²) in [5.41, 5.74) is 4.41. The van der Waals surface area contributed by atoms with E-state index in [1.165, 1.54) is 11.1 Å². The Bertz CT molecular complexity index is 803. The molecule has 0 heterocycles. The Hall–Kier alpha value is 0.0281. The third-order valence-electron chi connectivity index (χ3n) is 6.02. The van der Waals surface area contributed by atoms with E-state index in [0.717, 1.165) is 29.9 Å². The summed E-state index contributed by atoms with van der Waals surface area (Å²) in [4.78, 5) is 0. The molecule has 0 amide bonds. The molecule has 1 aliphatic rings. The van der Waals surface area contributed by atoms with Gasteiger partial charge in [0.15, 0.2) is 0 Å². The molecule has 161 valence electrons.